The first-order valence-electron chi connectivity index (χ1n) is 5.35. The Morgan fingerprint density at radius 1 is 1.56 bits per heavy atom. The molecule has 1 aromatic heterocycles. The lowest BCUT2D eigenvalue weighted by Gasteiger charge is -2.22. The highest BCUT2D eigenvalue weighted by Crippen LogP contribution is 2.24. The number of rotatable bonds is 5. The van der Waals surface area contributed by atoms with Crippen LogP contribution in [0.2, 0.25) is 5.02 Å². The zero-order valence-electron chi connectivity index (χ0n) is 10.8. The Morgan fingerprint density at radius 3 is 2.78 bits per heavy atom. The summed E-state index contributed by atoms with van der Waals surface area (Å²) in [4.78, 5) is 21.1. The number of hydrogen-bond acceptors (Lipinski definition) is 6. The van der Waals surface area contributed by atoms with Crippen molar-refractivity contribution in [2.75, 3.05) is 32.7 Å². The van der Waals surface area contributed by atoms with E-state index in [0.717, 1.165) is 0 Å². The molecule has 7 heteroatoms. The molecule has 6 nitrogen and oxygen atoms in total. The minimum atomic E-state index is -0.281. The van der Waals surface area contributed by atoms with Gasteiger partial charge in [-0.15, -0.1) is 0 Å². The van der Waals surface area contributed by atoms with Crippen LogP contribution in [0.25, 0.3) is 0 Å². The topological polar surface area (TPSA) is 64.5 Å². The maximum Gasteiger partial charge on any atom is 0.318 e. The van der Waals surface area contributed by atoms with Gasteiger partial charge in [0.25, 0.3) is 0 Å². The van der Waals surface area contributed by atoms with E-state index in [1.54, 1.807) is 18.9 Å². The number of carbonyl (C=O) groups is 1. The van der Waals surface area contributed by atoms with Crippen LogP contribution >= 0.6 is 11.6 Å². The van der Waals surface area contributed by atoms with Crippen molar-refractivity contribution in [2.24, 2.45) is 5.92 Å². The quantitative estimate of drug-likeness (QED) is 0.755. The number of nitrogens with zero attached hydrogens (tertiary/aromatic N) is 3. The Morgan fingerprint density at radius 2 is 2.22 bits per heavy atom. The number of aromatic nitrogens is 2. The fourth-order valence-electron chi connectivity index (χ4n) is 1.48. The van der Waals surface area contributed by atoms with E-state index in [4.69, 9.17) is 16.3 Å². The van der Waals surface area contributed by atoms with Gasteiger partial charge >= 0.3 is 12.0 Å². The molecule has 0 aromatic carbocycles. The Hall–Kier alpha value is -1.56. The summed E-state index contributed by atoms with van der Waals surface area (Å²) in [5.41, 5.74) is 0. The molecule has 0 N–H and O–H groups in total. The lowest BCUT2D eigenvalue weighted by atomic mass is 10.2. The minimum absolute atomic E-state index is 0.229. The molecule has 1 unspecified atom stereocenters. The first-order valence-corrected chi connectivity index (χ1v) is 5.72. The van der Waals surface area contributed by atoms with Crippen molar-refractivity contribution in [3.8, 4) is 6.01 Å². The molecule has 0 spiro atoms. The van der Waals surface area contributed by atoms with Gasteiger partial charge in [0.15, 0.2) is 5.82 Å². The van der Waals surface area contributed by atoms with Gasteiger partial charge in [0.2, 0.25) is 0 Å². The first kappa shape index (κ1) is 14.5. The Balaban J connectivity index is 2.83. The monoisotopic (exact) mass is 273 g/mol. The molecule has 1 rings (SSSR count). The van der Waals surface area contributed by atoms with Gasteiger partial charge in [0.05, 0.1) is 26.3 Å². The van der Waals surface area contributed by atoms with E-state index < -0.39 is 0 Å². The Kier molecular flexibility index (Phi) is 5.15. The molecule has 0 bridgehead atoms. The van der Waals surface area contributed by atoms with E-state index >= 15 is 0 Å². The van der Waals surface area contributed by atoms with E-state index in [-0.39, 0.29) is 17.9 Å². The van der Waals surface area contributed by atoms with E-state index in [9.17, 15) is 4.79 Å². The van der Waals surface area contributed by atoms with Crippen molar-refractivity contribution in [3.05, 3.63) is 11.2 Å². The van der Waals surface area contributed by atoms with Gasteiger partial charge < -0.3 is 14.4 Å². The third-order valence-corrected chi connectivity index (χ3v) is 2.67. The van der Waals surface area contributed by atoms with Crippen molar-refractivity contribution in [2.45, 2.75) is 6.92 Å². The third kappa shape index (κ3) is 3.46. The summed E-state index contributed by atoms with van der Waals surface area (Å²) >= 11 is 6.01. The number of anilines is 1. The summed E-state index contributed by atoms with van der Waals surface area (Å²) in [6, 6.07) is 0.229. The van der Waals surface area contributed by atoms with Crippen LogP contribution in [0.4, 0.5) is 5.82 Å². The minimum Gasteiger partial charge on any atom is -0.469 e. The molecule has 0 aliphatic heterocycles. The van der Waals surface area contributed by atoms with Gasteiger partial charge in [-0.3, -0.25) is 4.79 Å². The summed E-state index contributed by atoms with van der Waals surface area (Å²) in [5, 5.41) is 0.398. The van der Waals surface area contributed by atoms with Crippen LogP contribution in [0, 0.1) is 5.92 Å². The van der Waals surface area contributed by atoms with E-state index in [1.807, 2.05) is 0 Å². The molecule has 1 heterocycles. The predicted octanol–water partition coefficient (Wildman–Crippen LogP) is 1.38. The van der Waals surface area contributed by atoms with E-state index in [1.165, 1.54) is 20.4 Å². The van der Waals surface area contributed by atoms with Gasteiger partial charge in [-0.05, 0) is 0 Å². The second-order valence-electron chi connectivity index (χ2n) is 3.83. The second-order valence-corrected chi connectivity index (χ2v) is 4.24. The number of carbonyl (C=O) groups excluding carboxylic acids is 1. The fourth-order valence-corrected chi connectivity index (χ4v) is 1.72. The normalized spacial score (nSPS) is 11.8. The number of methoxy groups -OCH3 is 2. The Bertz CT molecular complexity index is 428. The average Bonchev–Trinajstić information content (AvgIpc) is 2.38. The molecule has 18 heavy (non-hydrogen) atoms. The summed E-state index contributed by atoms with van der Waals surface area (Å²) < 4.78 is 9.60. The molecule has 0 amide bonds. The Labute approximate surface area is 111 Å². The molecule has 0 aliphatic carbocycles. The highest BCUT2D eigenvalue weighted by Gasteiger charge is 2.18. The lowest BCUT2D eigenvalue weighted by Crippen LogP contribution is -2.30. The molecule has 100 valence electrons. The van der Waals surface area contributed by atoms with Gasteiger partial charge in [-0.1, -0.05) is 18.5 Å². The van der Waals surface area contributed by atoms with Crippen molar-refractivity contribution in [3.63, 3.8) is 0 Å². The van der Waals surface area contributed by atoms with Crippen LogP contribution in [0.15, 0.2) is 6.20 Å². The van der Waals surface area contributed by atoms with E-state index in [2.05, 4.69) is 14.7 Å². The molecule has 0 radical (unpaired) electrons. The van der Waals surface area contributed by atoms with Crippen LogP contribution < -0.4 is 9.64 Å². The van der Waals surface area contributed by atoms with Crippen LogP contribution in [-0.4, -0.2) is 43.7 Å². The maximum absolute atomic E-state index is 11.3. The zero-order valence-corrected chi connectivity index (χ0v) is 11.6. The first-order chi connectivity index (χ1) is 8.49. The lowest BCUT2D eigenvalue weighted by molar-refractivity contribution is -0.144. The molecule has 1 aromatic rings. The highest BCUT2D eigenvalue weighted by atomic mass is 35.5. The van der Waals surface area contributed by atoms with Crippen molar-refractivity contribution in [1.82, 2.24) is 9.97 Å². The smallest absolute Gasteiger partial charge is 0.318 e. The van der Waals surface area contributed by atoms with Crippen molar-refractivity contribution >= 4 is 23.4 Å². The second kappa shape index (κ2) is 6.39. The molecule has 0 saturated carbocycles. The largest absolute Gasteiger partial charge is 0.469 e. The van der Waals surface area contributed by atoms with Crippen molar-refractivity contribution in [1.29, 1.82) is 0 Å². The fraction of sp³-hybridized carbons (Fsp3) is 0.545. The SMILES string of the molecule is COC(=O)C(C)CN(C)c1nc(OC)ncc1Cl. The number of hydrogen-bond donors (Lipinski definition) is 0. The standard InChI is InChI=1S/C11H16ClN3O3/c1-7(10(16)17-3)6-15(2)9-8(12)5-13-11(14-9)18-4/h5,7H,6H2,1-4H3. The van der Waals surface area contributed by atoms with Crippen LogP contribution in [0.1, 0.15) is 6.92 Å². The van der Waals surface area contributed by atoms with Gasteiger partial charge in [-0.2, -0.15) is 4.98 Å². The molecule has 0 fully saturated rings. The van der Waals surface area contributed by atoms with Crippen LogP contribution in [0.3, 0.4) is 0 Å². The molecule has 1 atom stereocenters. The van der Waals surface area contributed by atoms with Crippen LogP contribution in [-0.2, 0) is 9.53 Å². The highest BCUT2D eigenvalue weighted by molar-refractivity contribution is 6.32. The summed E-state index contributed by atoms with van der Waals surface area (Å²) in [6.45, 7) is 2.21. The molecule has 0 aliphatic rings. The summed E-state index contributed by atoms with van der Waals surface area (Å²) in [6.07, 6.45) is 1.46. The van der Waals surface area contributed by atoms with Crippen molar-refractivity contribution < 1.29 is 14.3 Å². The van der Waals surface area contributed by atoms with Crippen LogP contribution in [0.5, 0.6) is 6.01 Å². The molecular formula is C11H16ClN3O3. The average molecular weight is 274 g/mol. The van der Waals surface area contributed by atoms with Gasteiger partial charge in [0, 0.05) is 13.6 Å². The number of ether oxygens (including phenoxy) is 2. The zero-order chi connectivity index (χ0) is 13.7. The summed E-state index contributed by atoms with van der Waals surface area (Å²) in [5.74, 6) is -0.0460. The maximum atomic E-state index is 11.3. The van der Waals surface area contributed by atoms with Gasteiger partial charge in [0.1, 0.15) is 5.02 Å². The van der Waals surface area contributed by atoms with Gasteiger partial charge in [-0.25, -0.2) is 4.98 Å². The number of esters is 1. The number of halogens is 1. The molecular weight excluding hydrogens is 258 g/mol. The molecule has 0 saturated heterocycles. The predicted molar refractivity (Wildman–Crippen MR) is 68.0 cm³/mol. The third-order valence-electron chi connectivity index (χ3n) is 2.40. The summed E-state index contributed by atoms with van der Waals surface area (Å²) in [7, 11) is 4.62. The van der Waals surface area contributed by atoms with E-state index in [0.29, 0.717) is 17.4 Å².